The monoisotopic (exact) mass is 218 g/mol. The lowest BCUT2D eigenvalue weighted by atomic mass is 10.3. The van der Waals surface area contributed by atoms with Gasteiger partial charge >= 0.3 is 0 Å². The van der Waals surface area contributed by atoms with E-state index in [1.165, 1.54) is 0 Å². The molecule has 1 aromatic heterocycles. The van der Waals surface area contributed by atoms with E-state index in [0.717, 1.165) is 12.1 Å². The van der Waals surface area contributed by atoms with Crippen molar-refractivity contribution in [3.8, 4) is 0 Å². The van der Waals surface area contributed by atoms with Crippen molar-refractivity contribution >= 4 is 17.3 Å². The summed E-state index contributed by atoms with van der Waals surface area (Å²) >= 11 is 0. The molecule has 0 unspecified atom stereocenters. The summed E-state index contributed by atoms with van der Waals surface area (Å²) < 4.78 is 23.6. The number of halogens is 2. The van der Waals surface area contributed by atoms with Gasteiger partial charge in [0.05, 0.1) is 23.6 Å². The van der Waals surface area contributed by atoms with E-state index in [-0.39, 0.29) is 17.3 Å². The highest BCUT2D eigenvalue weighted by Gasteiger charge is 2.10. The first-order valence-corrected chi connectivity index (χ1v) is 3.93. The van der Waals surface area contributed by atoms with Crippen LogP contribution in [0.1, 0.15) is 0 Å². The van der Waals surface area contributed by atoms with Gasteiger partial charge in [0.25, 0.3) is 12.1 Å². The molecule has 0 saturated carbocycles. The number of hydrogen-bond donors (Lipinski definition) is 2. The molecule has 0 amide bonds. The molecule has 0 aliphatic carbocycles. The summed E-state index contributed by atoms with van der Waals surface area (Å²) in [6.45, 7) is -0.631. The molecule has 8 heteroatoms. The third-order valence-electron chi connectivity index (χ3n) is 1.48. The van der Waals surface area contributed by atoms with Crippen LogP contribution in [0.3, 0.4) is 0 Å². The zero-order chi connectivity index (χ0) is 11.4. The minimum atomic E-state index is -2.56. The Balaban J connectivity index is 2.84. The molecule has 82 valence electrons. The minimum Gasteiger partial charge on any atom is -0.383 e. The number of pyridine rings is 1. The van der Waals surface area contributed by atoms with E-state index >= 15 is 0 Å². The summed E-state index contributed by atoms with van der Waals surface area (Å²) in [6.07, 6.45) is -2.56. The van der Waals surface area contributed by atoms with Crippen LogP contribution in [0.4, 0.5) is 26.1 Å². The van der Waals surface area contributed by atoms with Crippen molar-refractivity contribution in [3.05, 3.63) is 22.2 Å². The van der Waals surface area contributed by atoms with Crippen LogP contribution in [0.5, 0.6) is 0 Å². The molecule has 0 bridgehead atoms. The molecule has 0 fully saturated rings. The first kappa shape index (κ1) is 11.1. The molecule has 0 aromatic carbocycles. The Morgan fingerprint density at radius 1 is 1.60 bits per heavy atom. The summed E-state index contributed by atoms with van der Waals surface area (Å²) in [5.74, 6) is -0.136. The summed E-state index contributed by atoms with van der Waals surface area (Å²) in [6, 6.07) is 2.09. The van der Waals surface area contributed by atoms with Gasteiger partial charge in [-0.05, 0) is 0 Å². The van der Waals surface area contributed by atoms with Crippen molar-refractivity contribution in [1.82, 2.24) is 4.98 Å². The Kier molecular flexibility index (Phi) is 3.32. The molecule has 3 N–H and O–H groups in total. The van der Waals surface area contributed by atoms with Crippen molar-refractivity contribution in [2.24, 2.45) is 0 Å². The molecule has 0 aliphatic heterocycles. The van der Waals surface area contributed by atoms with E-state index in [0.29, 0.717) is 0 Å². The fraction of sp³-hybridized carbons (Fsp3) is 0.286. The standard InChI is InChI=1S/C7H8F2N4O2/c8-5(9)3-11-7-2-4(13(14)15)1-6(10)12-7/h1-2,5H,3H2,(H3,10,11,12). The lowest BCUT2D eigenvalue weighted by Crippen LogP contribution is -2.12. The summed E-state index contributed by atoms with van der Waals surface area (Å²) in [4.78, 5) is 13.3. The number of nitro groups is 1. The molecule has 1 aromatic rings. The molecular weight excluding hydrogens is 210 g/mol. The Hall–Kier alpha value is -1.99. The number of nitrogens with zero attached hydrogens (tertiary/aromatic N) is 2. The van der Waals surface area contributed by atoms with Gasteiger partial charge in [-0.15, -0.1) is 0 Å². The predicted molar refractivity (Wildman–Crippen MR) is 49.8 cm³/mol. The van der Waals surface area contributed by atoms with Crippen LogP contribution in [-0.2, 0) is 0 Å². The van der Waals surface area contributed by atoms with Gasteiger partial charge in [-0.3, -0.25) is 10.1 Å². The molecule has 0 atom stereocenters. The number of anilines is 2. The van der Waals surface area contributed by atoms with E-state index in [1.807, 2.05) is 0 Å². The minimum absolute atomic E-state index is 0.0398. The van der Waals surface area contributed by atoms with E-state index in [1.54, 1.807) is 0 Å². The largest absolute Gasteiger partial charge is 0.383 e. The number of aromatic nitrogens is 1. The van der Waals surface area contributed by atoms with Crippen LogP contribution in [-0.4, -0.2) is 22.9 Å². The highest BCUT2D eigenvalue weighted by atomic mass is 19.3. The summed E-state index contributed by atoms with van der Waals surface area (Å²) in [5.41, 5.74) is 4.97. The predicted octanol–water partition coefficient (Wildman–Crippen LogP) is 1.25. The molecular formula is C7H8F2N4O2. The summed E-state index contributed by atoms with van der Waals surface area (Å²) in [5, 5.41) is 12.6. The van der Waals surface area contributed by atoms with Gasteiger partial charge < -0.3 is 11.1 Å². The van der Waals surface area contributed by atoms with Crippen molar-refractivity contribution in [2.75, 3.05) is 17.6 Å². The Labute approximate surface area is 83.3 Å². The van der Waals surface area contributed by atoms with Crippen LogP contribution in [0.15, 0.2) is 12.1 Å². The lowest BCUT2D eigenvalue weighted by molar-refractivity contribution is -0.384. The van der Waals surface area contributed by atoms with Gasteiger partial charge in [0, 0.05) is 0 Å². The number of nitrogens with one attached hydrogen (secondary N) is 1. The molecule has 0 spiro atoms. The van der Waals surface area contributed by atoms with Gasteiger partial charge in [0.2, 0.25) is 0 Å². The SMILES string of the molecule is Nc1cc([N+](=O)[O-])cc(NCC(F)F)n1. The average molecular weight is 218 g/mol. The molecule has 6 nitrogen and oxygen atoms in total. The number of alkyl halides is 2. The van der Waals surface area contributed by atoms with Gasteiger partial charge in [-0.25, -0.2) is 13.8 Å². The third-order valence-corrected chi connectivity index (χ3v) is 1.48. The number of hydrogen-bond acceptors (Lipinski definition) is 5. The molecule has 1 rings (SSSR count). The Bertz CT molecular complexity index is 372. The second-order valence-corrected chi connectivity index (χ2v) is 2.66. The number of rotatable bonds is 4. The number of nitrogens with two attached hydrogens (primary N) is 1. The van der Waals surface area contributed by atoms with Crippen LogP contribution in [0.25, 0.3) is 0 Å². The van der Waals surface area contributed by atoms with E-state index < -0.39 is 17.9 Å². The maximum absolute atomic E-state index is 11.8. The highest BCUT2D eigenvalue weighted by Crippen LogP contribution is 2.18. The topological polar surface area (TPSA) is 94.1 Å². The lowest BCUT2D eigenvalue weighted by Gasteiger charge is -2.04. The Morgan fingerprint density at radius 3 is 2.80 bits per heavy atom. The molecule has 15 heavy (non-hydrogen) atoms. The van der Waals surface area contributed by atoms with Crippen LogP contribution < -0.4 is 11.1 Å². The van der Waals surface area contributed by atoms with E-state index in [2.05, 4.69) is 10.3 Å². The number of nitrogen functional groups attached to an aromatic ring is 1. The van der Waals surface area contributed by atoms with Crippen LogP contribution in [0, 0.1) is 10.1 Å². The zero-order valence-corrected chi connectivity index (χ0v) is 7.48. The van der Waals surface area contributed by atoms with E-state index in [9.17, 15) is 18.9 Å². The van der Waals surface area contributed by atoms with Crippen molar-refractivity contribution < 1.29 is 13.7 Å². The van der Waals surface area contributed by atoms with Gasteiger partial charge in [-0.2, -0.15) is 0 Å². The molecule has 0 radical (unpaired) electrons. The van der Waals surface area contributed by atoms with Gasteiger partial charge in [0.15, 0.2) is 0 Å². The smallest absolute Gasteiger partial charge is 0.276 e. The Morgan fingerprint density at radius 2 is 2.27 bits per heavy atom. The average Bonchev–Trinajstić information content (AvgIpc) is 2.13. The van der Waals surface area contributed by atoms with Crippen molar-refractivity contribution in [1.29, 1.82) is 0 Å². The second-order valence-electron chi connectivity index (χ2n) is 2.66. The van der Waals surface area contributed by atoms with Crippen molar-refractivity contribution in [3.63, 3.8) is 0 Å². The molecule has 0 saturated heterocycles. The van der Waals surface area contributed by atoms with E-state index in [4.69, 9.17) is 5.73 Å². The normalized spacial score (nSPS) is 10.3. The first-order chi connectivity index (χ1) is 6.99. The van der Waals surface area contributed by atoms with Crippen molar-refractivity contribution in [2.45, 2.75) is 6.43 Å². The summed E-state index contributed by atoms with van der Waals surface area (Å²) in [7, 11) is 0. The van der Waals surface area contributed by atoms with Crippen LogP contribution >= 0.6 is 0 Å². The zero-order valence-electron chi connectivity index (χ0n) is 7.48. The maximum atomic E-state index is 11.8. The van der Waals surface area contributed by atoms with Gasteiger partial charge in [-0.1, -0.05) is 0 Å². The maximum Gasteiger partial charge on any atom is 0.276 e. The van der Waals surface area contributed by atoms with Crippen LogP contribution in [0.2, 0.25) is 0 Å². The fourth-order valence-electron chi connectivity index (χ4n) is 0.915. The molecule has 0 aliphatic rings. The quantitative estimate of drug-likeness (QED) is 0.585. The fourth-order valence-corrected chi connectivity index (χ4v) is 0.915. The first-order valence-electron chi connectivity index (χ1n) is 3.93. The van der Waals surface area contributed by atoms with Gasteiger partial charge in [0.1, 0.15) is 11.6 Å². The third kappa shape index (κ3) is 3.33. The molecule has 1 heterocycles. The second kappa shape index (κ2) is 4.49. The highest BCUT2D eigenvalue weighted by molar-refractivity contribution is 5.52.